The molecule has 1 aromatic carbocycles. The van der Waals surface area contributed by atoms with E-state index < -0.39 is 0 Å². The van der Waals surface area contributed by atoms with E-state index in [-0.39, 0.29) is 16.9 Å². The highest BCUT2D eigenvalue weighted by Crippen LogP contribution is 2.40. The molecule has 0 saturated carbocycles. The molecule has 0 bridgehead atoms. The third kappa shape index (κ3) is 1.62. The quantitative estimate of drug-likeness (QED) is 0.785. The standard InChI is InChI=1S/C14H18O2/c1-4-9-7-10(15)8-11-13(9)12(16)5-6-14(11,2)3/h7-8,15H,4-6H2,1-3H3. The van der Waals surface area contributed by atoms with Gasteiger partial charge in [0.2, 0.25) is 0 Å². The Morgan fingerprint density at radius 1 is 1.38 bits per heavy atom. The van der Waals surface area contributed by atoms with Gasteiger partial charge in [-0.2, -0.15) is 0 Å². The average Bonchev–Trinajstić information content (AvgIpc) is 2.23. The van der Waals surface area contributed by atoms with Crippen LogP contribution >= 0.6 is 0 Å². The average molecular weight is 218 g/mol. The Hall–Kier alpha value is -1.31. The Kier molecular flexibility index (Phi) is 2.53. The fraction of sp³-hybridized carbons (Fsp3) is 0.500. The molecule has 2 heteroatoms. The van der Waals surface area contributed by atoms with Crippen molar-refractivity contribution in [1.82, 2.24) is 0 Å². The van der Waals surface area contributed by atoms with Gasteiger partial charge in [0.1, 0.15) is 5.75 Å². The van der Waals surface area contributed by atoms with Crippen LogP contribution in [0.5, 0.6) is 5.75 Å². The van der Waals surface area contributed by atoms with Crippen molar-refractivity contribution < 1.29 is 9.90 Å². The van der Waals surface area contributed by atoms with Gasteiger partial charge in [0.25, 0.3) is 0 Å². The highest BCUT2D eigenvalue weighted by Gasteiger charge is 2.33. The van der Waals surface area contributed by atoms with E-state index in [1.165, 1.54) is 0 Å². The zero-order valence-electron chi connectivity index (χ0n) is 10.1. The van der Waals surface area contributed by atoms with Crippen molar-refractivity contribution >= 4 is 5.78 Å². The summed E-state index contributed by atoms with van der Waals surface area (Å²) < 4.78 is 0. The second-order valence-corrected chi connectivity index (χ2v) is 5.19. The summed E-state index contributed by atoms with van der Waals surface area (Å²) in [5, 5.41) is 9.71. The third-order valence-corrected chi connectivity index (χ3v) is 3.57. The minimum atomic E-state index is -0.00803. The highest BCUT2D eigenvalue weighted by atomic mass is 16.3. The summed E-state index contributed by atoms with van der Waals surface area (Å²) in [4.78, 5) is 12.0. The molecule has 1 aliphatic rings. The van der Waals surface area contributed by atoms with Gasteiger partial charge in [-0.15, -0.1) is 0 Å². The molecule has 0 spiro atoms. The number of carbonyl (C=O) groups excluding carboxylic acids is 1. The van der Waals surface area contributed by atoms with Crippen LogP contribution in [0.1, 0.15) is 55.1 Å². The van der Waals surface area contributed by atoms with Gasteiger partial charge in [-0.3, -0.25) is 4.79 Å². The van der Waals surface area contributed by atoms with Crippen molar-refractivity contribution in [3.63, 3.8) is 0 Å². The number of phenols is 1. The molecule has 0 amide bonds. The van der Waals surface area contributed by atoms with Gasteiger partial charge in [-0.05, 0) is 41.5 Å². The smallest absolute Gasteiger partial charge is 0.163 e. The maximum Gasteiger partial charge on any atom is 0.163 e. The second-order valence-electron chi connectivity index (χ2n) is 5.19. The third-order valence-electron chi connectivity index (χ3n) is 3.57. The van der Waals surface area contributed by atoms with Gasteiger partial charge in [0.05, 0.1) is 0 Å². The molecule has 16 heavy (non-hydrogen) atoms. The summed E-state index contributed by atoms with van der Waals surface area (Å²) in [7, 11) is 0. The van der Waals surface area contributed by atoms with Crippen LogP contribution in [0, 0.1) is 0 Å². The summed E-state index contributed by atoms with van der Waals surface area (Å²) in [5.74, 6) is 0.504. The Labute approximate surface area is 96.3 Å². The SMILES string of the molecule is CCc1cc(O)cc2c1C(=O)CCC2(C)C. The summed E-state index contributed by atoms with van der Waals surface area (Å²) in [6, 6.07) is 3.48. The Bertz CT molecular complexity index is 444. The van der Waals surface area contributed by atoms with E-state index in [2.05, 4.69) is 13.8 Å². The minimum absolute atomic E-state index is 0.00803. The number of fused-ring (bicyclic) bond motifs is 1. The molecular weight excluding hydrogens is 200 g/mol. The first-order chi connectivity index (χ1) is 7.45. The molecule has 0 aromatic heterocycles. The van der Waals surface area contributed by atoms with Crippen molar-refractivity contribution in [2.24, 2.45) is 0 Å². The number of benzene rings is 1. The molecule has 0 saturated heterocycles. The van der Waals surface area contributed by atoms with Gasteiger partial charge in [0.15, 0.2) is 5.78 Å². The first-order valence-electron chi connectivity index (χ1n) is 5.85. The van der Waals surface area contributed by atoms with Crippen molar-refractivity contribution in [2.45, 2.75) is 45.4 Å². The van der Waals surface area contributed by atoms with Crippen LogP contribution < -0.4 is 0 Å². The van der Waals surface area contributed by atoms with Crippen molar-refractivity contribution in [1.29, 1.82) is 0 Å². The number of carbonyl (C=O) groups is 1. The normalized spacial score (nSPS) is 18.3. The molecule has 0 fully saturated rings. The van der Waals surface area contributed by atoms with Crippen LogP contribution in [0.25, 0.3) is 0 Å². The maximum atomic E-state index is 12.0. The van der Waals surface area contributed by atoms with Crippen LogP contribution in [0.15, 0.2) is 12.1 Å². The Balaban J connectivity index is 2.72. The fourth-order valence-corrected chi connectivity index (χ4v) is 2.51. The maximum absolute atomic E-state index is 12.0. The van der Waals surface area contributed by atoms with Crippen LogP contribution in [0.3, 0.4) is 0 Å². The van der Waals surface area contributed by atoms with E-state index in [4.69, 9.17) is 0 Å². The molecule has 0 aliphatic heterocycles. The van der Waals surface area contributed by atoms with Gasteiger partial charge < -0.3 is 5.11 Å². The zero-order chi connectivity index (χ0) is 11.9. The molecule has 0 atom stereocenters. The number of hydrogen-bond acceptors (Lipinski definition) is 2. The Morgan fingerprint density at radius 2 is 2.06 bits per heavy atom. The summed E-state index contributed by atoms with van der Waals surface area (Å²) in [6.45, 7) is 6.29. The van der Waals surface area contributed by atoms with Crippen LogP contribution in [0.4, 0.5) is 0 Å². The number of hydrogen-bond donors (Lipinski definition) is 1. The van der Waals surface area contributed by atoms with Crippen molar-refractivity contribution in [3.05, 3.63) is 28.8 Å². The lowest BCUT2D eigenvalue weighted by Crippen LogP contribution is -2.28. The number of Topliss-reactive ketones (excluding diaryl/α,β-unsaturated/α-hetero) is 1. The first kappa shape index (κ1) is 11.2. The molecule has 0 radical (unpaired) electrons. The van der Waals surface area contributed by atoms with E-state index in [0.717, 1.165) is 29.5 Å². The van der Waals surface area contributed by atoms with Gasteiger partial charge in [-0.25, -0.2) is 0 Å². The molecule has 1 aliphatic carbocycles. The molecule has 1 N–H and O–H groups in total. The van der Waals surface area contributed by atoms with Crippen LogP contribution in [-0.4, -0.2) is 10.9 Å². The highest BCUT2D eigenvalue weighted by molar-refractivity contribution is 6.00. The van der Waals surface area contributed by atoms with Gasteiger partial charge in [0, 0.05) is 12.0 Å². The van der Waals surface area contributed by atoms with Crippen molar-refractivity contribution in [3.8, 4) is 5.75 Å². The van der Waals surface area contributed by atoms with E-state index in [1.54, 1.807) is 12.1 Å². The lowest BCUT2D eigenvalue weighted by molar-refractivity contribution is 0.0955. The van der Waals surface area contributed by atoms with Gasteiger partial charge in [-0.1, -0.05) is 20.8 Å². The van der Waals surface area contributed by atoms with E-state index in [9.17, 15) is 9.90 Å². The molecule has 2 nitrogen and oxygen atoms in total. The van der Waals surface area contributed by atoms with Crippen LogP contribution in [-0.2, 0) is 11.8 Å². The Morgan fingerprint density at radius 3 is 2.69 bits per heavy atom. The largest absolute Gasteiger partial charge is 0.508 e. The first-order valence-corrected chi connectivity index (χ1v) is 5.85. The fourth-order valence-electron chi connectivity index (χ4n) is 2.51. The zero-order valence-corrected chi connectivity index (χ0v) is 10.1. The lowest BCUT2D eigenvalue weighted by atomic mass is 9.71. The predicted octanol–water partition coefficient (Wildman–Crippen LogP) is 3.21. The van der Waals surface area contributed by atoms with E-state index >= 15 is 0 Å². The topological polar surface area (TPSA) is 37.3 Å². The predicted molar refractivity (Wildman–Crippen MR) is 64.1 cm³/mol. The summed E-state index contributed by atoms with van der Waals surface area (Å²) in [5.41, 5.74) is 2.84. The molecule has 1 aromatic rings. The lowest BCUT2D eigenvalue weighted by Gasteiger charge is -2.33. The number of aromatic hydroxyl groups is 1. The number of rotatable bonds is 1. The molecule has 0 unspecified atom stereocenters. The summed E-state index contributed by atoms with van der Waals surface area (Å²) >= 11 is 0. The summed E-state index contributed by atoms with van der Waals surface area (Å²) in [6.07, 6.45) is 2.28. The molecule has 86 valence electrons. The molecule has 2 rings (SSSR count). The molecular formula is C14H18O2. The second kappa shape index (κ2) is 3.62. The van der Waals surface area contributed by atoms with Gasteiger partial charge >= 0.3 is 0 Å². The number of ketones is 1. The van der Waals surface area contributed by atoms with E-state index in [0.29, 0.717) is 6.42 Å². The minimum Gasteiger partial charge on any atom is -0.508 e. The monoisotopic (exact) mass is 218 g/mol. The number of phenolic OH excluding ortho intramolecular Hbond substituents is 1. The number of aryl methyl sites for hydroxylation is 1. The van der Waals surface area contributed by atoms with Crippen LogP contribution in [0.2, 0.25) is 0 Å². The molecule has 0 heterocycles. The van der Waals surface area contributed by atoms with E-state index in [1.807, 2.05) is 6.92 Å². The van der Waals surface area contributed by atoms with Crippen molar-refractivity contribution in [2.75, 3.05) is 0 Å².